The molecule has 0 atom stereocenters. The molecule has 1 saturated carbocycles. The minimum absolute atomic E-state index is 0.0142. The summed E-state index contributed by atoms with van der Waals surface area (Å²) < 4.78 is 39.6. The van der Waals surface area contributed by atoms with Crippen LogP contribution in [0.5, 0.6) is 0 Å². The van der Waals surface area contributed by atoms with Crippen molar-refractivity contribution in [3.05, 3.63) is 41.6 Å². The Morgan fingerprint density at radius 2 is 1.88 bits per heavy atom. The highest BCUT2D eigenvalue weighted by Gasteiger charge is 2.33. The smallest absolute Gasteiger partial charge is 0.353 e. The Morgan fingerprint density at radius 1 is 1.15 bits per heavy atom. The SMILES string of the molecule is CN(C)CCNc1nc(Nc2ccccc2C(F)(F)F)cc(C2CC2)n1. The lowest BCUT2D eigenvalue weighted by molar-refractivity contribution is -0.136. The largest absolute Gasteiger partial charge is 0.418 e. The van der Waals surface area contributed by atoms with Gasteiger partial charge in [0.2, 0.25) is 5.95 Å². The predicted octanol–water partition coefficient (Wildman–Crippen LogP) is 4.09. The molecule has 3 rings (SSSR count). The molecule has 0 aliphatic heterocycles. The molecular formula is C18H22F3N5. The zero-order valence-corrected chi connectivity index (χ0v) is 14.8. The number of alkyl halides is 3. The summed E-state index contributed by atoms with van der Waals surface area (Å²) in [7, 11) is 3.93. The van der Waals surface area contributed by atoms with Gasteiger partial charge in [-0.25, -0.2) is 4.98 Å². The van der Waals surface area contributed by atoms with E-state index < -0.39 is 11.7 Å². The van der Waals surface area contributed by atoms with Crippen LogP contribution < -0.4 is 10.6 Å². The number of nitrogens with zero attached hydrogens (tertiary/aromatic N) is 3. The van der Waals surface area contributed by atoms with Crippen LogP contribution in [0.15, 0.2) is 30.3 Å². The van der Waals surface area contributed by atoms with Crippen molar-refractivity contribution in [2.24, 2.45) is 0 Å². The molecule has 1 heterocycles. The number of anilines is 3. The van der Waals surface area contributed by atoms with E-state index >= 15 is 0 Å². The first-order valence-corrected chi connectivity index (χ1v) is 8.54. The molecule has 0 saturated heterocycles. The second-order valence-corrected chi connectivity index (χ2v) is 6.67. The molecule has 26 heavy (non-hydrogen) atoms. The summed E-state index contributed by atoms with van der Waals surface area (Å²) in [5.74, 6) is 1.17. The number of para-hydroxylation sites is 1. The summed E-state index contributed by atoms with van der Waals surface area (Å²) in [6.45, 7) is 1.45. The molecule has 1 fully saturated rings. The Hall–Kier alpha value is -2.35. The zero-order chi connectivity index (χ0) is 18.7. The molecule has 1 aromatic carbocycles. The van der Waals surface area contributed by atoms with Crippen molar-refractivity contribution in [2.45, 2.75) is 24.9 Å². The van der Waals surface area contributed by atoms with Crippen LogP contribution in [0.4, 0.5) is 30.6 Å². The van der Waals surface area contributed by atoms with Crippen LogP contribution in [0.25, 0.3) is 0 Å². The number of likely N-dealkylation sites (N-methyl/N-ethyl adjacent to an activating group) is 1. The monoisotopic (exact) mass is 365 g/mol. The summed E-state index contributed by atoms with van der Waals surface area (Å²) in [5.41, 5.74) is 0.132. The minimum atomic E-state index is -4.43. The first kappa shape index (κ1) is 18.4. The maximum Gasteiger partial charge on any atom is 0.418 e. The van der Waals surface area contributed by atoms with Gasteiger partial charge in [-0.3, -0.25) is 0 Å². The van der Waals surface area contributed by atoms with Gasteiger partial charge < -0.3 is 15.5 Å². The van der Waals surface area contributed by atoms with Crippen LogP contribution in [-0.2, 0) is 6.18 Å². The van der Waals surface area contributed by atoms with E-state index in [4.69, 9.17) is 0 Å². The molecule has 0 unspecified atom stereocenters. The number of hydrogen-bond donors (Lipinski definition) is 2. The average Bonchev–Trinajstić information content (AvgIpc) is 3.39. The van der Waals surface area contributed by atoms with Gasteiger partial charge in [-0.05, 0) is 39.1 Å². The van der Waals surface area contributed by atoms with Crippen molar-refractivity contribution in [2.75, 3.05) is 37.8 Å². The molecule has 1 aliphatic carbocycles. The minimum Gasteiger partial charge on any atom is -0.353 e. The van der Waals surface area contributed by atoms with E-state index in [1.165, 1.54) is 12.1 Å². The second kappa shape index (κ2) is 7.49. The maximum absolute atomic E-state index is 13.2. The summed E-state index contributed by atoms with van der Waals surface area (Å²) in [4.78, 5) is 10.9. The molecule has 1 aromatic heterocycles. The Kier molecular flexibility index (Phi) is 5.31. The standard InChI is InChI=1S/C18H22F3N5/c1-26(2)10-9-22-17-24-15(12-7-8-12)11-16(25-17)23-14-6-4-3-5-13(14)18(19,20)21/h3-6,11-12H,7-10H2,1-2H3,(H2,22,23,24,25). The highest BCUT2D eigenvalue weighted by atomic mass is 19.4. The molecule has 140 valence electrons. The van der Waals surface area contributed by atoms with Crippen LogP contribution in [0, 0.1) is 0 Å². The first-order valence-electron chi connectivity index (χ1n) is 8.54. The van der Waals surface area contributed by atoms with Crippen molar-refractivity contribution >= 4 is 17.5 Å². The summed E-state index contributed by atoms with van der Waals surface area (Å²) in [6.07, 6.45) is -2.33. The lowest BCUT2D eigenvalue weighted by Crippen LogP contribution is -2.21. The molecule has 2 N–H and O–H groups in total. The highest BCUT2D eigenvalue weighted by molar-refractivity contribution is 5.62. The second-order valence-electron chi connectivity index (χ2n) is 6.67. The Balaban J connectivity index is 1.84. The van der Waals surface area contributed by atoms with E-state index in [2.05, 4.69) is 20.6 Å². The maximum atomic E-state index is 13.2. The van der Waals surface area contributed by atoms with Gasteiger partial charge in [0, 0.05) is 25.1 Å². The van der Waals surface area contributed by atoms with E-state index in [-0.39, 0.29) is 5.69 Å². The van der Waals surface area contributed by atoms with Crippen LogP contribution in [0.1, 0.15) is 30.0 Å². The number of hydrogen-bond acceptors (Lipinski definition) is 5. The number of rotatable bonds is 7. The lowest BCUT2D eigenvalue weighted by Gasteiger charge is -2.16. The van der Waals surface area contributed by atoms with Crippen LogP contribution in [-0.4, -0.2) is 42.1 Å². The van der Waals surface area contributed by atoms with Gasteiger partial charge >= 0.3 is 6.18 Å². The third-order valence-corrected chi connectivity index (χ3v) is 4.08. The van der Waals surface area contributed by atoms with Crippen LogP contribution in [0.3, 0.4) is 0 Å². The van der Waals surface area contributed by atoms with Gasteiger partial charge in [0.1, 0.15) is 5.82 Å². The Morgan fingerprint density at radius 3 is 2.54 bits per heavy atom. The van der Waals surface area contributed by atoms with Gasteiger partial charge in [-0.15, -0.1) is 0 Å². The average molecular weight is 365 g/mol. The quantitative estimate of drug-likeness (QED) is 0.774. The number of aromatic nitrogens is 2. The van der Waals surface area contributed by atoms with Crippen molar-refractivity contribution in [3.8, 4) is 0 Å². The number of halogens is 3. The Labute approximate surface area is 150 Å². The van der Waals surface area contributed by atoms with Crippen molar-refractivity contribution in [1.82, 2.24) is 14.9 Å². The zero-order valence-electron chi connectivity index (χ0n) is 14.8. The Bertz CT molecular complexity index is 757. The van der Waals surface area contributed by atoms with Gasteiger partial charge in [0.05, 0.1) is 16.9 Å². The van der Waals surface area contributed by atoms with E-state index in [1.807, 2.05) is 19.0 Å². The molecular weight excluding hydrogens is 343 g/mol. The summed E-state index contributed by atoms with van der Waals surface area (Å²) in [5, 5.41) is 5.96. The van der Waals surface area contributed by atoms with E-state index in [9.17, 15) is 13.2 Å². The van der Waals surface area contributed by atoms with Crippen molar-refractivity contribution in [1.29, 1.82) is 0 Å². The number of benzene rings is 1. The molecule has 0 spiro atoms. The van der Waals surface area contributed by atoms with Crippen LogP contribution in [0.2, 0.25) is 0 Å². The molecule has 8 heteroatoms. The first-order chi connectivity index (χ1) is 12.3. The molecule has 0 bridgehead atoms. The number of nitrogens with one attached hydrogen (secondary N) is 2. The molecule has 0 amide bonds. The normalized spacial score (nSPS) is 14.5. The molecule has 1 aliphatic rings. The summed E-state index contributed by atoms with van der Waals surface area (Å²) >= 11 is 0. The van der Waals surface area contributed by atoms with Crippen LogP contribution >= 0.6 is 0 Å². The molecule has 0 radical (unpaired) electrons. The highest BCUT2D eigenvalue weighted by Crippen LogP contribution is 2.40. The van der Waals surface area contributed by atoms with Gasteiger partial charge in [-0.2, -0.15) is 18.2 Å². The lowest BCUT2D eigenvalue weighted by atomic mass is 10.1. The van der Waals surface area contributed by atoms with Gasteiger partial charge in [0.25, 0.3) is 0 Å². The van der Waals surface area contributed by atoms with Crippen molar-refractivity contribution < 1.29 is 13.2 Å². The van der Waals surface area contributed by atoms with E-state index in [0.29, 0.717) is 24.2 Å². The van der Waals surface area contributed by atoms with Crippen molar-refractivity contribution in [3.63, 3.8) is 0 Å². The van der Waals surface area contributed by atoms with Gasteiger partial charge in [-0.1, -0.05) is 12.1 Å². The predicted molar refractivity (Wildman–Crippen MR) is 95.8 cm³/mol. The fraction of sp³-hybridized carbons (Fsp3) is 0.444. The third kappa shape index (κ3) is 4.85. The van der Waals surface area contributed by atoms with E-state index in [1.54, 1.807) is 12.1 Å². The fourth-order valence-corrected chi connectivity index (χ4v) is 2.57. The summed E-state index contributed by atoms with van der Waals surface area (Å²) in [6, 6.07) is 7.14. The molecule has 5 nitrogen and oxygen atoms in total. The van der Waals surface area contributed by atoms with Gasteiger partial charge in [0.15, 0.2) is 0 Å². The third-order valence-electron chi connectivity index (χ3n) is 4.08. The fourth-order valence-electron chi connectivity index (χ4n) is 2.57. The molecule has 2 aromatic rings. The van der Waals surface area contributed by atoms with E-state index in [0.717, 1.165) is 31.1 Å². The topological polar surface area (TPSA) is 53.1 Å².